The lowest BCUT2D eigenvalue weighted by atomic mass is 10.0. The van der Waals surface area contributed by atoms with E-state index in [-0.39, 0.29) is 6.09 Å². The van der Waals surface area contributed by atoms with Crippen molar-refractivity contribution in [3.05, 3.63) is 29.8 Å². The summed E-state index contributed by atoms with van der Waals surface area (Å²) in [5.41, 5.74) is 1.74. The standard InChI is InChI=1S/C20H33N3O2/c1-5-23(19(24)25-20(2,3)4)15-16-9-8-11-17(13-16)22-14-18-10-6-7-12-21-18/h8-9,11,13,18,21-22H,5-7,10,12,14-15H2,1-4H3. The van der Waals surface area contributed by atoms with Crippen molar-refractivity contribution in [1.29, 1.82) is 0 Å². The van der Waals surface area contributed by atoms with Crippen LogP contribution in [-0.2, 0) is 11.3 Å². The molecule has 1 heterocycles. The lowest BCUT2D eigenvalue weighted by Gasteiger charge is -2.27. The number of piperidine rings is 1. The Morgan fingerprint density at radius 1 is 1.36 bits per heavy atom. The van der Waals surface area contributed by atoms with Crippen molar-refractivity contribution in [3.63, 3.8) is 0 Å². The summed E-state index contributed by atoms with van der Waals surface area (Å²) in [6, 6.07) is 8.84. The summed E-state index contributed by atoms with van der Waals surface area (Å²) in [6.45, 7) is 10.9. The minimum atomic E-state index is -0.471. The average Bonchev–Trinajstić information content (AvgIpc) is 2.57. The highest BCUT2D eigenvalue weighted by Gasteiger charge is 2.21. The van der Waals surface area contributed by atoms with Gasteiger partial charge in [0, 0.05) is 31.4 Å². The minimum Gasteiger partial charge on any atom is -0.444 e. The van der Waals surface area contributed by atoms with E-state index in [4.69, 9.17) is 4.74 Å². The van der Waals surface area contributed by atoms with Crippen LogP contribution in [0.25, 0.3) is 0 Å². The van der Waals surface area contributed by atoms with Crippen LogP contribution in [0.5, 0.6) is 0 Å². The Kier molecular flexibility index (Phi) is 7.12. The number of carbonyl (C=O) groups excluding carboxylic acids is 1. The Morgan fingerprint density at radius 2 is 2.16 bits per heavy atom. The number of anilines is 1. The van der Waals surface area contributed by atoms with Gasteiger partial charge in [-0.3, -0.25) is 0 Å². The fourth-order valence-electron chi connectivity index (χ4n) is 2.97. The first kappa shape index (κ1) is 19.6. The van der Waals surface area contributed by atoms with Gasteiger partial charge in [-0.2, -0.15) is 0 Å². The maximum Gasteiger partial charge on any atom is 0.410 e. The van der Waals surface area contributed by atoms with Gasteiger partial charge in [0.05, 0.1) is 0 Å². The number of benzene rings is 1. The number of rotatable bonds is 6. The molecule has 1 fully saturated rings. The Bertz CT molecular complexity index is 548. The highest BCUT2D eigenvalue weighted by molar-refractivity contribution is 5.68. The molecule has 140 valence electrons. The van der Waals surface area contributed by atoms with Crippen molar-refractivity contribution < 1.29 is 9.53 Å². The van der Waals surface area contributed by atoms with Crippen molar-refractivity contribution in [3.8, 4) is 0 Å². The van der Waals surface area contributed by atoms with E-state index < -0.39 is 5.60 Å². The molecule has 0 radical (unpaired) electrons. The second-order valence-electron chi connectivity index (χ2n) is 7.72. The largest absolute Gasteiger partial charge is 0.444 e. The van der Waals surface area contributed by atoms with Gasteiger partial charge < -0.3 is 20.3 Å². The molecule has 2 N–H and O–H groups in total. The molecule has 1 amide bonds. The van der Waals surface area contributed by atoms with Gasteiger partial charge in [-0.15, -0.1) is 0 Å². The normalized spacial score (nSPS) is 17.8. The molecular formula is C20H33N3O2. The van der Waals surface area contributed by atoms with E-state index in [9.17, 15) is 4.79 Å². The van der Waals surface area contributed by atoms with Gasteiger partial charge in [-0.25, -0.2) is 4.79 Å². The number of hydrogen-bond donors (Lipinski definition) is 2. The van der Waals surface area contributed by atoms with Crippen molar-refractivity contribution in [2.24, 2.45) is 0 Å². The molecule has 0 aliphatic carbocycles. The van der Waals surface area contributed by atoms with E-state index in [1.807, 2.05) is 33.8 Å². The van der Waals surface area contributed by atoms with E-state index in [0.717, 1.165) is 24.3 Å². The lowest BCUT2D eigenvalue weighted by molar-refractivity contribution is 0.0244. The first-order valence-electron chi connectivity index (χ1n) is 9.41. The van der Waals surface area contributed by atoms with Crippen molar-refractivity contribution in [2.75, 3.05) is 25.0 Å². The fourth-order valence-corrected chi connectivity index (χ4v) is 2.97. The first-order chi connectivity index (χ1) is 11.9. The molecule has 1 aromatic rings. The summed E-state index contributed by atoms with van der Waals surface area (Å²) in [6.07, 6.45) is 3.55. The zero-order valence-electron chi connectivity index (χ0n) is 16.1. The smallest absolute Gasteiger partial charge is 0.410 e. The SMILES string of the molecule is CCN(Cc1cccc(NCC2CCCCN2)c1)C(=O)OC(C)(C)C. The van der Waals surface area contributed by atoms with Crippen LogP contribution in [0.1, 0.15) is 52.5 Å². The molecule has 1 aromatic carbocycles. The molecule has 1 aliphatic rings. The molecule has 2 rings (SSSR count). The number of hydrogen-bond acceptors (Lipinski definition) is 4. The van der Waals surface area contributed by atoms with Crippen LogP contribution >= 0.6 is 0 Å². The molecule has 0 spiro atoms. The third-order valence-corrected chi connectivity index (χ3v) is 4.30. The molecule has 1 aliphatic heterocycles. The van der Waals surface area contributed by atoms with Crippen LogP contribution in [0.15, 0.2) is 24.3 Å². The summed E-state index contributed by atoms with van der Waals surface area (Å²) < 4.78 is 5.48. The molecule has 0 aromatic heterocycles. The molecular weight excluding hydrogens is 314 g/mol. The maximum absolute atomic E-state index is 12.3. The highest BCUT2D eigenvalue weighted by Crippen LogP contribution is 2.16. The fraction of sp³-hybridized carbons (Fsp3) is 0.650. The van der Waals surface area contributed by atoms with Crippen molar-refractivity contribution >= 4 is 11.8 Å². The molecule has 1 atom stereocenters. The minimum absolute atomic E-state index is 0.264. The van der Waals surface area contributed by atoms with Crippen LogP contribution in [0.4, 0.5) is 10.5 Å². The predicted octanol–water partition coefficient (Wildman–Crippen LogP) is 4.00. The third kappa shape index (κ3) is 6.94. The monoisotopic (exact) mass is 347 g/mol. The molecule has 5 nitrogen and oxygen atoms in total. The highest BCUT2D eigenvalue weighted by atomic mass is 16.6. The average molecular weight is 348 g/mol. The summed E-state index contributed by atoms with van der Waals surface area (Å²) in [5.74, 6) is 0. The van der Waals surface area contributed by atoms with E-state index in [1.54, 1.807) is 4.90 Å². The van der Waals surface area contributed by atoms with Gasteiger partial charge >= 0.3 is 6.09 Å². The van der Waals surface area contributed by atoms with Crippen LogP contribution in [-0.4, -0.2) is 42.3 Å². The predicted molar refractivity (Wildman–Crippen MR) is 103 cm³/mol. The number of carbonyl (C=O) groups is 1. The van der Waals surface area contributed by atoms with Crippen molar-refractivity contribution in [1.82, 2.24) is 10.2 Å². The Hall–Kier alpha value is -1.75. The zero-order valence-corrected chi connectivity index (χ0v) is 16.1. The second kappa shape index (κ2) is 9.09. The van der Waals surface area contributed by atoms with E-state index in [1.165, 1.54) is 19.3 Å². The van der Waals surface area contributed by atoms with E-state index >= 15 is 0 Å². The van der Waals surface area contributed by atoms with Gasteiger partial charge in [0.15, 0.2) is 0 Å². The van der Waals surface area contributed by atoms with Gasteiger partial charge in [0.1, 0.15) is 5.60 Å². The van der Waals surface area contributed by atoms with E-state index in [0.29, 0.717) is 19.1 Å². The van der Waals surface area contributed by atoms with Gasteiger partial charge in [-0.05, 0) is 64.8 Å². The summed E-state index contributed by atoms with van der Waals surface area (Å²) in [7, 11) is 0. The molecule has 1 saturated heterocycles. The summed E-state index contributed by atoms with van der Waals surface area (Å²) in [5, 5.41) is 7.07. The Labute approximate surface area is 152 Å². The molecule has 5 heteroatoms. The van der Waals surface area contributed by atoms with Crippen LogP contribution < -0.4 is 10.6 Å². The van der Waals surface area contributed by atoms with E-state index in [2.05, 4.69) is 28.8 Å². The second-order valence-corrected chi connectivity index (χ2v) is 7.72. The van der Waals surface area contributed by atoms with Crippen LogP contribution in [0.3, 0.4) is 0 Å². The van der Waals surface area contributed by atoms with Gasteiger partial charge in [0.2, 0.25) is 0 Å². The molecule has 0 bridgehead atoms. The number of ether oxygens (including phenoxy) is 1. The number of nitrogens with zero attached hydrogens (tertiary/aromatic N) is 1. The zero-order chi connectivity index (χ0) is 18.3. The third-order valence-electron chi connectivity index (χ3n) is 4.30. The summed E-state index contributed by atoms with van der Waals surface area (Å²) in [4.78, 5) is 14.0. The maximum atomic E-state index is 12.3. The molecule has 1 unspecified atom stereocenters. The molecule has 0 saturated carbocycles. The van der Waals surface area contributed by atoms with Crippen LogP contribution in [0, 0.1) is 0 Å². The number of amides is 1. The molecule has 25 heavy (non-hydrogen) atoms. The van der Waals surface area contributed by atoms with Gasteiger partial charge in [-0.1, -0.05) is 18.6 Å². The Balaban J connectivity index is 1.91. The quantitative estimate of drug-likeness (QED) is 0.817. The Morgan fingerprint density at radius 3 is 2.80 bits per heavy atom. The lowest BCUT2D eigenvalue weighted by Crippen LogP contribution is -2.39. The van der Waals surface area contributed by atoms with Crippen molar-refractivity contribution in [2.45, 2.75) is 65.1 Å². The first-order valence-corrected chi connectivity index (χ1v) is 9.41. The topological polar surface area (TPSA) is 53.6 Å². The number of nitrogens with one attached hydrogen (secondary N) is 2. The van der Waals surface area contributed by atoms with Gasteiger partial charge in [0.25, 0.3) is 0 Å². The summed E-state index contributed by atoms with van der Waals surface area (Å²) >= 11 is 0. The van der Waals surface area contributed by atoms with Crippen LogP contribution in [0.2, 0.25) is 0 Å².